The van der Waals surface area contributed by atoms with Crippen molar-refractivity contribution in [1.82, 2.24) is 20.1 Å². The fourth-order valence-electron chi connectivity index (χ4n) is 2.32. The number of rotatable bonds is 6. The molecule has 0 bridgehead atoms. The van der Waals surface area contributed by atoms with Gasteiger partial charge in [0, 0.05) is 25.4 Å². The van der Waals surface area contributed by atoms with Gasteiger partial charge in [-0.15, -0.1) is 11.3 Å². The third-order valence-corrected chi connectivity index (χ3v) is 4.30. The van der Waals surface area contributed by atoms with Gasteiger partial charge in [0.1, 0.15) is 9.88 Å². The Bertz CT molecular complexity index is 646. The van der Waals surface area contributed by atoms with Gasteiger partial charge < -0.3 is 10.4 Å². The van der Waals surface area contributed by atoms with Gasteiger partial charge in [-0.05, 0) is 18.8 Å². The lowest BCUT2D eigenvalue weighted by Gasteiger charge is -2.26. The van der Waals surface area contributed by atoms with E-state index in [2.05, 4.69) is 15.4 Å². The Morgan fingerprint density at radius 2 is 2.23 bits per heavy atom. The number of aliphatic hydroxyl groups excluding tert-OH is 1. The number of aromatic nitrogens is 3. The molecular weight excluding hydrogens is 300 g/mol. The van der Waals surface area contributed by atoms with Crippen molar-refractivity contribution >= 4 is 17.2 Å². The van der Waals surface area contributed by atoms with E-state index in [0.717, 1.165) is 10.6 Å². The Kier molecular flexibility index (Phi) is 4.97. The number of nitrogens with one attached hydrogen (secondary N) is 1. The van der Waals surface area contributed by atoms with Crippen LogP contribution in [0, 0.1) is 5.41 Å². The molecule has 2 aromatic rings. The molecule has 2 N–H and O–H groups in total. The minimum absolute atomic E-state index is 0.133. The van der Waals surface area contributed by atoms with Crippen molar-refractivity contribution in [2.75, 3.05) is 6.54 Å². The van der Waals surface area contributed by atoms with Gasteiger partial charge in [-0.25, -0.2) is 4.98 Å². The van der Waals surface area contributed by atoms with Crippen LogP contribution < -0.4 is 5.32 Å². The maximum atomic E-state index is 12.2. The van der Waals surface area contributed by atoms with Crippen LogP contribution in [0.4, 0.5) is 0 Å². The molecule has 0 aliphatic rings. The minimum atomic E-state index is -0.382. The largest absolute Gasteiger partial charge is 0.393 e. The summed E-state index contributed by atoms with van der Waals surface area (Å²) in [5, 5.41) is 17.3. The van der Waals surface area contributed by atoms with Crippen LogP contribution in [0.15, 0.2) is 18.6 Å². The Morgan fingerprint density at radius 3 is 2.82 bits per heavy atom. The molecule has 120 valence electrons. The van der Waals surface area contributed by atoms with E-state index in [1.807, 2.05) is 27.1 Å². The number of hydrogen-bond donors (Lipinski definition) is 2. The molecule has 6 nitrogen and oxygen atoms in total. The molecule has 2 rings (SSSR count). The lowest BCUT2D eigenvalue weighted by molar-refractivity contribution is 0.0905. The quantitative estimate of drug-likeness (QED) is 0.853. The molecule has 2 heterocycles. The molecular formula is C15H22N4O2S. The Balaban J connectivity index is 1.98. The molecule has 1 atom stereocenters. The van der Waals surface area contributed by atoms with Gasteiger partial charge in [-0.2, -0.15) is 5.10 Å². The fraction of sp³-hybridized carbons (Fsp3) is 0.533. The predicted octanol–water partition coefficient (Wildman–Crippen LogP) is 2.07. The zero-order valence-corrected chi connectivity index (χ0v) is 14.1. The van der Waals surface area contributed by atoms with E-state index in [-0.39, 0.29) is 17.4 Å². The molecule has 22 heavy (non-hydrogen) atoms. The zero-order valence-electron chi connectivity index (χ0n) is 13.3. The molecule has 0 fully saturated rings. The minimum Gasteiger partial charge on any atom is -0.393 e. The van der Waals surface area contributed by atoms with E-state index in [0.29, 0.717) is 17.8 Å². The van der Waals surface area contributed by atoms with Gasteiger partial charge in [0.15, 0.2) is 0 Å². The number of hydrogen-bond acceptors (Lipinski definition) is 5. The maximum Gasteiger partial charge on any atom is 0.263 e. The monoisotopic (exact) mass is 322 g/mol. The highest BCUT2D eigenvalue weighted by Gasteiger charge is 2.22. The van der Waals surface area contributed by atoms with E-state index >= 15 is 0 Å². The van der Waals surface area contributed by atoms with Crippen molar-refractivity contribution in [3.8, 4) is 10.6 Å². The number of aryl methyl sites for hydroxylation is 1. The van der Waals surface area contributed by atoms with Gasteiger partial charge in [-0.3, -0.25) is 9.48 Å². The van der Waals surface area contributed by atoms with Crippen LogP contribution in [0.1, 0.15) is 36.9 Å². The second kappa shape index (κ2) is 6.58. The van der Waals surface area contributed by atoms with E-state index < -0.39 is 0 Å². The zero-order chi connectivity index (χ0) is 16.3. The van der Waals surface area contributed by atoms with Crippen LogP contribution in [0.25, 0.3) is 10.6 Å². The molecule has 0 spiro atoms. The molecule has 7 heteroatoms. The fourth-order valence-corrected chi connectivity index (χ4v) is 3.13. The standard InChI is InChI=1S/C15H22N4O2S/c1-10(20)5-15(2,3)9-17-13(21)12-7-16-14(22-12)11-6-18-19(4)8-11/h6-8,10,20H,5,9H2,1-4H3,(H,17,21). The van der Waals surface area contributed by atoms with Crippen LogP contribution in [0.2, 0.25) is 0 Å². The molecule has 0 saturated carbocycles. The molecule has 0 aliphatic heterocycles. The number of amides is 1. The van der Waals surface area contributed by atoms with E-state index in [4.69, 9.17) is 0 Å². The lowest BCUT2D eigenvalue weighted by Crippen LogP contribution is -2.35. The summed E-state index contributed by atoms with van der Waals surface area (Å²) >= 11 is 1.35. The van der Waals surface area contributed by atoms with Crippen molar-refractivity contribution in [3.63, 3.8) is 0 Å². The average Bonchev–Trinajstić information content (AvgIpc) is 3.03. The lowest BCUT2D eigenvalue weighted by atomic mass is 9.87. The number of nitrogens with zero attached hydrogens (tertiary/aromatic N) is 3. The van der Waals surface area contributed by atoms with Gasteiger partial charge in [0.05, 0.1) is 18.5 Å². The van der Waals surface area contributed by atoms with Crippen molar-refractivity contribution in [1.29, 1.82) is 0 Å². The van der Waals surface area contributed by atoms with Crippen LogP contribution in [-0.2, 0) is 7.05 Å². The highest BCUT2D eigenvalue weighted by molar-refractivity contribution is 7.16. The summed E-state index contributed by atoms with van der Waals surface area (Å²) in [5.74, 6) is -0.133. The SMILES string of the molecule is CC(O)CC(C)(C)CNC(=O)c1cnc(-c2cnn(C)c2)s1. The Morgan fingerprint density at radius 1 is 1.50 bits per heavy atom. The maximum absolute atomic E-state index is 12.2. The first-order valence-electron chi connectivity index (χ1n) is 7.18. The Labute approximate surface area is 134 Å². The number of aliphatic hydroxyl groups is 1. The van der Waals surface area contributed by atoms with E-state index in [1.165, 1.54) is 11.3 Å². The highest BCUT2D eigenvalue weighted by atomic mass is 32.1. The van der Waals surface area contributed by atoms with Gasteiger partial charge >= 0.3 is 0 Å². The van der Waals surface area contributed by atoms with Crippen molar-refractivity contribution < 1.29 is 9.90 Å². The molecule has 1 amide bonds. The smallest absolute Gasteiger partial charge is 0.263 e. The summed E-state index contributed by atoms with van der Waals surface area (Å²) in [6.45, 7) is 6.31. The van der Waals surface area contributed by atoms with Crippen molar-refractivity contribution in [2.24, 2.45) is 12.5 Å². The summed E-state index contributed by atoms with van der Waals surface area (Å²) in [4.78, 5) is 17.1. The first kappa shape index (κ1) is 16.6. The molecule has 0 aliphatic carbocycles. The normalized spacial score (nSPS) is 13.1. The van der Waals surface area contributed by atoms with Crippen LogP contribution in [0.5, 0.6) is 0 Å². The number of carbonyl (C=O) groups excluding carboxylic acids is 1. The molecule has 0 aromatic carbocycles. The second-order valence-electron chi connectivity index (χ2n) is 6.33. The van der Waals surface area contributed by atoms with Crippen LogP contribution >= 0.6 is 11.3 Å². The predicted molar refractivity (Wildman–Crippen MR) is 86.7 cm³/mol. The highest BCUT2D eigenvalue weighted by Crippen LogP contribution is 2.25. The number of thiazole rings is 1. The van der Waals surface area contributed by atoms with Crippen molar-refractivity contribution in [3.05, 3.63) is 23.5 Å². The van der Waals surface area contributed by atoms with Crippen LogP contribution in [0.3, 0.4) is 0 Å². The summed E-state index contributed by atoms with van der Waals surface area (Å²) in [5.41, 5.74) is 0.752. The topological polar surface area (TPSA) is 80.0 Å². The van der Waals surface area contributed by atoms with E-state index in [1.54, 1.807) is 24.0 Å². The molecule has 2 aromatic heterocycles. The first-order chi connectivity index (χ1) is 10.3. The first-order valence-corrected chi connectivity index (χ1v) is 7.99. The summed E-state index contributed by atoms with van der Waals surface area (Å²) in [7, 11) is 1.84. The number of carbonyl (C=O) groups is 1. The third-order valence-electron chi connectivity index (χ3n) is 3.26. The Hall–Kier alpha value is -1.73. The molecule has 0 saturated heterocycles. The summed E-state index contributed by atoms with van der Waals surface area (Å²) in [6.07, 6.45) is 5.44. The van der Waals surface area contributed by atoms with E-state index in [9.17, 15) is 9.90 Å². The summed E-state index contributed by atoms with van der Waals surface area (Å²) < 4.78 is 1.70. The van der Waals surface area contributed by atoms with Gasteiger partial charge in [0.25, 0.3) is 5.91 Å². The summed E-state index contributed by atoms with van der Waals surface area (Å²) in [6, 6.07) is 0. The van der Waals surface area contributed by atoms with Gasteiger partial charge in [0.2, 0.25) is 0 Å². The van der Waals surface area contributed by atoms with Crippen molar-refractivity contribution in [2.45, 2.75) is 33.3 Å². The molecule has 0 radical (unpaired) electrons. The molecule has 1 unspecified atom stereocenters. The second-order valence-corrected chi connectivity index (χ2v) is 7.36. The third kappa shape index (κ3) is 4.38. The average molecular weight is 322 g/mol. The van der Waals surface area contributed by atoms with Gasteiger partial charge in [-0.1, -0.05) is 13.8 Å². The van der Waals surface area contributed by atoms with Crippen LogP contribution in [-0.4, -0.2) is 38.4 Å².